The summed E-state index contributed by atoms with van der Waals surface area (Å²) in [7, 11) is 0. The molecule has 7 nitrogen and oxygen atoms in total. The van der Waals surface area contributed by atoms with Crippen molar-refractivity contribution in [2.45, 2.75) is 19.3 Å². The van der Waals surface area contributed by atoms with Crippen LogP contribution in [0.4, 0.5) is 11.4 Å². The minimum Gasteiger partial charge on any atom is -0.305 e. The van der Waals surface area contributed by atoms with Crippen LogP contribution in [0.25, 0.3) is 0 Å². The second kappa shape index (κ2) is 5.48. The molecule has 1 amide bonds. The van der Waals surface area contributed by atoms with Crippen LogP contribution in [0.3, 0.4) is 0 Å². The highest BCUT2D eigenvalue weighted by atomic mass is 16.6. The monoisotopic (exact) mass is 273 g/mol. The molecule has 0 aromatic heterocycles. The zero-order chi connectivity index (χ0) is 14.7. The van der Waals surface area contributed by atoms with Crippen molar-refractivity contribution >= 4 is 23.1 Å². The number of benzene rings is 1. The number of carbonyl (C=O) groups is 2. The highest BCUT2D eigenvalue weighted by molar-refractivity contribution is 6.52. The lowest BCUT2D eigenvalue weighted by Crippen LogP contribution is -2.30. The van der Waals surface area contributed by atoms with Crippen molar-refractivity contribution in [2.24, 2.45) is 0 Å². The highest BCUT2D eigenvalue weighted by Crippen LogP contribution is 2.32. The minimum absolute atomic E-state index is 0.0736. The van der Waals surface area contributed by atoms with Gasteiger partial charge in [0.15, 0.2) is 0 Å². The molecule has 1 aliphatic rings. The van der Waals surface area contributed by atoms with E-state index < -0.39 is 16.6 Å². The van der Waals surface area contributed by atoms with Crippen molar-refractivity contribution in [3.05, 3.63) is 33.9 Å². The molecular formula is C13H11N3O4. The Morgan fingerprint density at radius 2 is 2.05 bits per heavy atom. The highest BCUT2D eigenvalue weighted by Gasteiger charge is 2.36. The number of fused-ring (bicyclic) bond motifs is 1. The fraction of sp³-hybridized carbons (Fsp3) is 0.308. The Hall–Kier alpha value is -2.75. The predicted octanol–water partition coefficient (Wildman–Crippen LogP) is 1.82. The van der Waals surface area contributed by atoms with Crippen LogP contribution in [-0.4, -0.2) is 23.2 Å². The molecule has 0 unspecified atom stereocenters. The van der Waals surface area contributed by atoms with Gasteiger partial charge < -0.3 is 4.90 Å². The third kappa shape index (κ3) is 2.36. The molecule has 1 aliphatic heterocycles. The smallest absolute Gasteiger partial charge is 0.299 e. The van der Waals surface area contributed by atoms with Gasteiger partial charge >= 0.3 is 0 Å². The molecule has 0 aliphatic carbocycles. The van der Waals surface area contributed by atoms with Gasteiger partial charge in [-0.1, -0.05) is 0 Å². The Morgan fingerprint density at radius 3 is 2.70 bits per heavy atom. The van der Waals surface area contributed by atoms with Gasteiger partial charge in [-0.25, -0.2) is 0 Å². The third-order valence-electron chi connectivity index (χ3n) is 3.09. The van der Waals surface area contributed by atoms with Crippen LogP contribution in [0.5, 0.6) is 0 Å². The van der Waals surface area contributed by atoms with Crippen LogP contribution in [0.1, 0.15) is 29.6 Å². The van der Waals surface area contributed by atoms with E-state index >= 15 is 0 Å². The summed E-state index contributed by atoms with van der Waals surface area (Å²) >= 11 is 0. The number of non-ortho nitro benzene ring substituents is 1. The molecule has 102 valence electrons. The molecule has 1 heterocycles. The average Bonchev–Trinajstić information content (AvgIpc) is 2.67. The Kier molecular flexibility index (Phi) is 3.75. The van der Waals surface area contributed by atoms with Gasteiger partial charge in [-0.05, 0) is 18.9 Å². The molecule has 0 saturated heterocycles. The van der Waals surface area contributed by atoms with E-state index in [-0.39, 0.29) is 11.3 Å². The summed E-state index contributed by atoms with van der Waals surface area (Å²) in [4.78, 5) is 35.0. The van der Waals surface area contributed by atoms with Gasteiger partial charge in [-0.15, -0.1) is 0 Å². The first-order chi connectivity index (χ1) is 9.56. The molecule has 0 atom stereocenters. The molecule has 0 fully saturated rings. The number of Topliss-reactive ketones (excluding diaryl/α,β-unsaturated/α-hetero) is 1. The van der Waals surface area contributed by atoms with Gasteiger partial charge in [0.2, 0.25) is 0 Å². The predicted molar refractivity (Wildman–Crippen MR) is 69.2 cm³/mol. The number of amides is 1. The van der Waals surface area contributed by atoms with Gasteiger partial charge in [-0.3, -0.25) is 19.7 Å². The van der Waals surface area contributed by atoms with E-state index in [1.54, 1.807) is 0 Å². The number of carbonyl (C=O) groups excluding carboxylic acids is 2. The zero-order valence-electron chi connectivity index (χ0n) is 10.5. The van der Waals surface area contributed by atoms with Crippen molar-refractivity contribution in [3.8, 4) is 6.07 Å². The molecule has 0 N–H and O–H groups in total. The fourth-order valence-corrected chi connectivity index (χ4v) is 2.10. The first-order valence-corrected chi connectivity index (χ1v) is 6.08. The maximum atomic E-state index is 11.8. The van der Waals surface area contributed by atoms with Gasteiger partial charge in [0.05, 0.1) is 22.2 Å². The Labute approximate surface area is 114 Å². The van der Waals surface area contributed by atoms with Crippen molar-refractivity contribution in [2.75, 3.05) is 11.4 Å². The number of anilines is 1. The summed E-state index contributed by atoms with van der Waals surface area (Å²) in [5.74, 6) is -1.39. The summed E-state index contributed by atoms with van der Waals surface area (Å²) in [5, 5.41) is 19.1. The number of unbranched alkanes of at least 4 members (excludes halogenated alkanes) is 2. The molecule has 0 radical (unpaired) electrons. The lowest BCUT2D eigenvalue weighted by atomic mass is 10.1. The number of nitriles is 1. The van der Waals surface area contributed by atoms with Gasteiger partial charge in [0, 0.05) is 25.1 Å². The van der Waals surface area contributed by atoms with Crippen LogP contribution < -0.4 is 4.90 Å². The zero-order valence-corrected chi connectivity index (χ0v) is 10.5. The summed E-state index contributed by atoms with van der Waals surface area (Å²) < 4.78 is 0. The first kappa shape index (κ1) is 13.7. The minimum atomic E-state index is -0.719. The van der Waals surface area contributed by atoms with Gasteiger partial charge in [0.1, 0.15) is 0 Å². The Balaban J connectivity index is 2.23. The van der Waals surface area contributed by atoms with Crippen LogP contribution in [-0.2, 0) is 4.79 Å². The first-order valence-electron chi connectivity index (χ1n) is 6.08. The summed E-state index contributed by atoms with van der Waals surface area (Å²) in [5.41, 5.74) is 0.267. The number of hydrogen-bond donors (Lipinski definition) is 0. The second-order valence-electron chi connectivity index (χ2n) is 4.36. The largest absolute Gasteiger partial charge is 0.305 e. The molecular weight excluding hydrogens is 262 g/mol. The van der Waals surface area contributed by atoms with E-state index in [2.05, 4.69) is 0 Å². The van der Waals surface area contributed by atoms with Crippen molar-refractivity contribution in [1.29, 1.82) is 5.26 Å². The second-order valence-corrected chi connectivity index (χ2v) is 4.36. The summed E-state index contributed by atoms with van der Waals surface area (Å²) in [6.45, 7) is 0.330. The van der Waals surface area contributed by atoms with E-state index in [4.69, 9.17) is 5.26 Å². The maximum Gasteiger partial charge on any atom is 0.299 e. The molecule has 1 aromatic rings. The molecule has 7 heteroatoms. The van der Waals surface area contributed by atoms with Crippen LogP contribution >= 0.6 is 0 Å². The SMILES string of the molecule is N#CCCCCN1C(=O)C(=O)c2cc([N+](=O)[O-])ccc21. The molecule has 1 aromatic carbocycles. The van der Waals surface area contributed by atoms with Crippen LogP contribution in [0.2, 0.25) is 0 Å². The Morgan fingerprint density at radius 1 is 1.30 bits per heavy atom. The van der Waals surface area contributed by atoms with Crippen molar-refractivity contribution in [1.82, 2.24) is 0 Å². The van der Waals surface area contributed by atoms with E-state index in [0.717, 1.165) is 6.07 Å². The molecule has 0 saturated carbocycles. The number of nitrogens with zero attached hydrogens (tertiary/aromatic N) is 3. The molecule has 20 heavy (non-hydrogen) atoms. The standard InChI is InChI=1S/C13H11N3O4/c14-6-2-1-3-7-15-11-5-4-9(16(19)20)8-10(11)12(17)13(15)18/h4-5,8H,1-3,7H2. The topological polar surface area (TPSA) is 104 Å². The lowest BCUT2D eigenvalue weighted by molar-refractivity contribution is -0.384. The lowest BCUT2D eigenvalue weighted by Gasteiger charge is -2.15. The van der Waals surface area contributed by atoms with Crippen molar-refractivity contribution < 1.29 is 14.5 Å². The fourth-order valence-electron chi connectivity index (χ4n) is 2.10. The van der Waals surface area contributed by atoms with Crippen LogP contribution in [0.15, 0.2) is 18.2 Å². The quantitative estimate of drug-likeness (QED) is 0.352. The van der Waals surface area contributed by atoms with E-state index in [1.165, 1.54) is 17.0 Å². The van der Waals surface area contributed by atoms with Crippen LogP contribution in [0, 0.1) is 21.4 Å². The molecule has 0 spiro atoms. The number of hydrogen-bond acceptors (Lipinski definition) is 5. The molecule has 0 bridgehead atoms. The van der Waals surface area contributed by atoms with Crippen molar-refractivity contribution in [3.63, 3.8) is 0 Å². The van der Waals surface area contributed by atoms with Gasteiger partial charge in [-0.2, -0.15) is 5.26 Å². The number of nitro groups is 1. The number of nitro benzene ring substituents is 1. The van der Waals surface area contributed by atoms with Gasteiger partial charge in [0.25, 0.3) is 17.4 Å². The normalized spacial score (nSPS) is 13.2. The summed E-state index contributed by atoms with van der Waals surface area (Å²) in [6.07, 6.45) is 1.63. The third-order valence-corrected chi connectivity index (χ3v) is 3.09. The van der Waals surface area contributed by atoms with E-state index in [9.17, 15) is 19.7 Å². The molecule has 2 rings (SSSR count). The average molecular weight is 273 g/mol. The van der Waals surface area contributed by atoms with E-state index in [1.807, 2.05) is 6.07 Å². The number of rotatable bonds is 5. The maximum absolute atomic E-state index is 11.8. The summed E-state index contributed by atoms with van der Waals surface area (Å²) in [6, 6.07) is 5.82. The van der Waals surface area contributed by atoms with E-state index in [0.29, 0.717) is 31.5 Å². The number of ketones is 1. The Bertz CT molecular complexity index is 633.